The minimum Gasteiger partial charge on any atom is -0.457 e. The lowest BCUT2D eigenvalue weighted by Crippen LogP contribution is -2.55. The van der Waals surface area contributed by atoms with Gasteiger partial charge >= 0.3 is 6.85 Å². The molecule has 0 bridgehead atoms. The highest BCUT2D eigenvalue weighted by atomic mass is 16.5. The number of nitrogens with zero attached hydrogens (tertiary/aromatic N) is 5. The van der Waals surface area contributed by atoms with Gasteiger partial charge in [0.1, 0.15) is 17.3 Å². The number of pyridine rings is 1. The lowest BCUT2D eigenvalue weighted by molar-refractivity contribution is 0.483. The van der Waals surface area contributed by atoms with Crippen LogP contribution in [0.4, 0.5) is 17.1 Å². The molecule has 0 saturated heterocycles. The van der Waals surface area contributed by atoms with Crippen LogP contribution in [0, 0.1) is 0 Å². The maximum Gasteiger partial charge on any atom is 0.342 e. The number of aromatic nitrogens is 2. The van der Waals surface area contributed by atoms with Crippen molar-refractivity contribution in [1.29, 1.82) is 0 Å². The molecule has 0 atom stereocenters. The summed E-state index contributed by atoms with van der Waals surface area (Å²) in [5, 5.41) is 2.31. The van der Waals surface area contributed by atoms with Gasteiger partial charge in [0, 0.05) is 57.7 Å². The Hall–Kier alpha value is -10.6. The van der Waals surface area contributed by atoms with Crippen LogP contribution in [-0.2, 0) is 0 Å². The molecule has 82 heavy (non-hydrogen) atoms. The van der Waals surface area contributed by atoms with E-state index in [4.69, 9.17) is 9.72 Å². The highest BCUT2D eigenvalue weighted by molar-refractivity contribution is 6.84. The van der Waals surface area contributed by atoms with Crippen LogP contribution in [0.25, 0.3) is 94.4 Å². The Balaban J connectivity index is 0.915. The van der Waals surface area contributed by atoms with Gasteiger partial charge in [-0.1, -0.05) is 194 Å². The van der Waals surface area contributed by atoms with Crippen LogP contribution in [0.3, 0.4) is 0 Å². The zero-order chi connectivity index (χ0) is 54.5. The molecule has 0 spiro atoms. The zero-order valence-corrected chi connectivity index (χ0v) is 45.2. The fraction of sp³-hybridized carbons (Fsp3) is 0.0267. The Morgan fingerprint density at radius 2 is 0.878 bits per heavy atom. The highest BCUT2D eigenvalue weighted by Crippen LogP contribution is 2.49. The van der Waals surface area contributed by atoms with Crippen LogP contribution < -0.4 is 24.8 Å². The van der Waals surface area contributed by atoms with E-state index >= 15 is 0 Å². The molecule has 0 unspecified atom stereocenters. The molecular formula is C75H54BN5O. The van der Waals surface area contributed by atoms with Crippen molar-refractivity contribution in [3.8, 4) is 84.1 Å². The van der Waals surface area contributed by atoms with Gasteiger partial charge in [-0.25, -0.2) is 4.98 Å². The van der Waals surface area contributed by atoms with E-state index < -0.39 is 0 Å². The molecule has 0 saturated carbocycles. The Labute approximate surface area is 478 Å². The number of fused-ring (bicyclic) bond motifs is 6. The zero-order valence-electron chi connectivity index (χ0n) is 45.2. The molecule has 0 fully saturated rings. The van der Waals surface area contributed by atoms with Crippen molar-refractivity contribution in [1.82, 2.24) is 9.55 Å². The number of para-hydroxylation sites is 2. The molecule has 4 heterocycles. The second-order valence-electron chi connectivity index (χ2n) is 21.3. The van der Waals surface area contributed by atoms with Crippen LogP contribution in [-0.4, -0.2) is 30.1 Å². The van der Waals surface area contributed by atoms with Gasteiger partial charge in [0.2, 0.25) is 0 Å². The average Bonchev–Trinajstić information content (AvgIpc) is 4.34. The number of anilines is 3. The third kappa shape index (κ3) is 8.76. The summed E-state index contributed by atoms with van der Waals surface area (Å²) in [4.78, 5) is 12.2. The second-order valence-corrected chi connectivity index (χ2v) is 21.3. The van der Waals surface area contributed by atoms with Crippen LogP contribution in [0.5, 0.6) is 11.5 Å². The molecule has 13 aromatic rings. The van der Waals surface area contributed by atoms with Gasteiger partial charge < -0.3 is 19.3 Å². The summed E-state index contributed by atoms with van der Waals surface area (Å²) in [7, 11) is 2.22. The Kier molecular flexibility index (Phi) is 12.2. The van der Waals surface area contributed by atoms with E-state index in [0.29, 0.717) is 6.67 Å². The predicted molar refractivity (Wildman–Crippen MR) is 342 cm³/mol. The third-order valence-electron chi connectivity index (χ3n) is 16.3. The first-order chi connectivity index (χ1) is 40.6. The maximum absolute atomic E-state index is 6.98. The minimum atomic E-state index is -0.0887. The standard InChI is InChI=1S/C75H54BN5O/c1-78-70-40-38-64(82-63-37-39-68-67-32-17-18-35-69(67)81(71(68)48-63)74-36-19-20-41-77-74)49-72(70)80-51-79(50-73(80)76(78)62-30-15-6-16-31-62)75-65(60-44-56(52-22-7-2-8-23-52)42-57(45-60)53-24-9-3-10-25-53)33-21-34-66(75)61-46-58(54-26-11-4-12-27-54)43-59(47-61)55-28-13-5-14-29-55/h2-50H,51H2,1H3. The van der Waals surface area contributed by atoms with E-state index in [1.54, 1.807) is 0 Å². The Morgan fingerprint density at radius 3 is 1.44 bits per heavy atom. The molecular weight excluding hydrogens is 998 g/mol. The average molecular weight is 1050 g/mol. The fourth-order valence-electron chi connectivity index (χ4n) is 12.5. The number of hydrogen-bond donors (Lipinski definition) is 0. The van der Waals surface area contributed by atoms with E-state index in [1.165, 1.54) is 38.7 Å². The van der Waals surface area contributed by atoms with Crippen molar-refractivity contribution in [2.45, 2.75) is 0 Å². The summed E-state index contributed by atoms with van der Waals surface area (Å²) in [6.45, 7) is 0.464. The maximum atomic E-state index is 6.98. The molecule has 0 aliphatic carbocycles. The topological polar surface area (TPSA) is 36.8 Å². The third-order valence-corrected chi connectivity index (χ3v) is 16.3. The molecule has 11 aromatic carbocycles. The lowest BCUT2D eigenvalue weighted by Gasteiger charge is -2.41. The monoisotopic (exact) mass is 1050 g/mol. The van der Waals surface area contributed by atoms with Crippen molar-refractivity contribution in [3.63, 3.8) is 0 Å². The molecule has 388 valence electrons. The predicted octanol–water partition coefficient (Wildman–Crippen LogP) is 18.0. The van der Waals surface area contributed by atoms with Gasteiger partial charge in [-0.3, -0.25) is 4.57 Å². The van der Waals surface area contributed by atoms with Gasteiger partial charge in [0.15, 0.2) is 0 Å². The lowest BCUT2D eigenvalue weighted by atomic mass is 9.50. The molecule has 7 heteroatoms. The summed E-state index contributed by atoms with van der Waals surface area (Å²) in [6, 6.07) is 103. The first kappa shape index (κ1) is 48.5. The normalized spacial score (nSPS) is 12.9. The molecule has 0 N–H and O–H groups in total. The van der Waals surface area contributed by atoms with Crippen LogP contribution in [0.2, 0.25) is 0 Å². The first-order valence-corrected chi connectivity index (χ1v) is 28.0. The quantitative estimate of drug-likeness (QED) is 0.121. The van der Waals surface area contributed by atoms with E-state index in [1.807, 2.05) is 18.3 Å². The van der Waals surface area contributed by atoms with Gasteiger partial charge in [0.25, 0.3) is 0 Å². The largest absolute Gasteiger partial charge is 0.457 e. The molecule has 2 aromatic heterocycles. The Bertz CT molecular complexity index is 4270. The fourth-order valence-corrected chi connectivity index (χ4v) is 12.5. The summed E-state index contributed by atoms with van der Waals surface area (Å²) in [5.41, 5.74) is 21.7. The first-order valence-electron chi connectivity index (χ1n) is 28.0. The minimum absolute atomic E-state index is 0.0887. The Morgan fingerprint density at radius 1 is 0.390 bits per heavy atom. The number of benzene rings is 11. The van der Waals surface area contributed by atoms with Crippen molar-refractivity contribution in [2.75, 3.05) is 28.3 Å². The summed E-state index contributed by atoms with van der Waals surface area (Å²) >= 11 is 0. The van der Waals surface area contributed by atoms with Crippen molar-refractivity contribution < 1.29 is 4.74 Å². The van der Waals surface area contributed by atoms with Crippen molar-refractivity contribution in [2.24, 2.45) is 0 Å². The van der Waals surface area contributed by atoms with Crippen molar-refractivity contribution in [3.05, 3.63) is 303 Å². The van der Waals surface area contributed by atoms with Gasteiger partial charge in [-0.05, 0) is 147 Å². The number of hydrogen-bond acceptors (Lipinski definition) is 5. The van der Waals surface area contributed by atoms with E-state index in [2.05, 4.69) is 305 Å². The molecule has 6 nitrogen and oxygen atoms in total. The SMILES string of the molecule is CN1B(c2ccccc2)C2=CN(c3c(-c4cc(-c5ccccc5)cc(-c5ccccc5)c4)cccc3-c3cc(-c4ccccc4)cc(-c4ccccc4)c3)CN2c2cc(Oc3ccc4c5ccccc5n(-c5ccccn5)c4c3)ccc21. The van der Waals surface area contributed by atoms with Crippen molar-refractivity contribution >= 4 is 51.2 Å². The van der Waals surface area contributed by atoms with E-state index in [9.17, 15) is 0 Å². The smallest absolute Gasteiger partial charge is 0.342 e. The van der Waals surface area contributed by atoms with Crippen LogP contribution in [0.1, 0.15) is 0 Å². The van der Waals surface area contributed by atoms with E-state index in [-0.39, 0.29) is 6.85 Å². The molecule has 2 aliphatic heterocycles. The van der Waals surface area contributed by atoms with Gasteiger partial charge in [-0.15, -0.1) is 0 Å². The summed E-state index contributed by atoms with van der Waals surface area (Å²) in [5.74, 6) is 2.36. The second kappa shape index (κ2) is 20.6. The number of rotatable bonds is 11. The summed E-state index contributed by atoms with van der Waals surface area (Å²) < 4.78 is 9.21. The van der Waals surface area contributed by atoms with Gasteiger partial charge in [0.05, 0.1) is 29.1 Å². The van der Waals surface area contributed by atoms with Crippen LogP contribution in [0.15, 0.2) is 303 Å². The molecule has 0 radical (unpaired) electrons. The summed E-state index contributed by atoms with van der Waals surface area (Å²) in [6.07, 6.45) is 4.26. The number of ether oxygens (including phenoxy) is 1. The molecule has 2 aliphatic rings. The molecule has 15 rings (SSSR count). The van der Waals surface area contributed by atoms with Crippen LogP contribution >= 0.6 is 0 Å². The van der Waals surface area contributed by atoms with E-state index in [0.717, 1.165) is 95.3 Å². The highest BCUT2D eigenvalue weighted by Gasteiger charge is 2.43. The van der Waals surface area contributed by atoms with Gasteiger partial charge in [-0.2, -0.15) is 0 Å². The molecule has 0 amide bonds.